The van der Waals surface area contributed by atoms with Gasteiger partial charge in [-0.25, -0.2) is 0 Å². The quantitative estimate of drug-likeness (QED) is 0.829. The summed E-state index contributed by atoms with van der Waals surface area (Å²) in [6.07, 6.45) is 5.20. The molecule has 0 saturated heterocycles. The average Bonchev–Trinajstić information content (AvgIpc) is 3.33. The Morgan fingerprint density at radius 1 is 1.32 bits per heavy atom. The summed E-state index contributed by atoms with van der Waals surface area (Å²) in [5.74, 6) is 1.29. The predicted molar refractivity (Wildman–Crippen MR) is 92.0 cm³/mol. The highest BCUT2D eigenvalue weighted by Crippen LogP contribution is 2.37. The van der Waals surface area contributed by atoms with E-state index in [1.807, 2.05) is 6.92 Å². The second-order valence-electron chi connectivity index (χ2n) is 6.65. The molecule has 7 heteroatoms. The van der Waals surface area contributed by atoms with Gasteiger partial charge in [0.1, 0.15) is 5.54 Å². The number of hydrogen-bond donors (Lipinski definition) is 1. The van der Waals surface area contributed by atoms with Gasteiger partial charge in [0.05, 0.1) is 12.8 Å². The molecule has 1 fully saturated rings. The molecule has 136 valence electrons. The molecule has 1 N–H and O–H groups in total. The average molecular weight is 346 g/mol. The van der Waals surface area contributed by atoms with E-state index >= 15 is 0 Å². The van der Waals surface area contributed by atoms with Crippen molar-refractivity contribution in [3.63, 3.8) is 0 Å². The smallest absolute Gasteiger partial charge is 0.288 e. The first-order valence-electron chi connectivity index (χ1n) is 9.00. The summed E-state index contributed by atoms with van der Waals surface area (Å²) in [6.45, 7) is 8.54. The van der Waals surface area contributed by atoms with E-state index in [9.17, 15) is 4.79 Å². The highest BCUT2D eigenvalue weighted by molar-refractivity contribution is 5.93. The van der Waals surface area contributed by atoms with Gasteiger partial charge in [-0.1, -0.05) is 31.8 Å². The Bertz CT molecular complexity index is 711. The summed E-state index contributed by atoms with van der Waals surface area (Å²) in [5, 5.41) is 7.31. The summed E-state index contributed by atoms with van der Waals surface area (Å²) in [5.41, 5.74) is 0.252. The molecule has 0 bridgehead atoms. The minimum absolute atomic E-state index is 0.223. The zero-order valence-electron chi connectivity index (χ0n) is 15.2. The van der Waals surface area contributed by atoms with Crippen molar-refractivity contribution < 1.29 is 13.7 Å². The van der Waals surface area contributed by atoms with Crippen LogP contribution in [0.4, 0.5) is 0 Å². The Balaban J connectivity index is 1.80. The first kappa shape index (κ1) is 17.7. The van der Waals surface area contributed by atoms with Crippen molar-refractivity contribution in [3.8, 4) is 0 Å². The van der Waals surface area contributed by atoms with Crippen LogP contribution in [0.2, 0.25) is 0 Å². The molecule has 0 atom stereocenters. The monoisotopic (exact) mass is 346 g/mol. The maximum absolute atomic E-state index is 12.6. The molecule has 1 aliphatic rings. The van der Waals surface area contributed by atoms with E-state index in [1.165, 1.54) is 6.26 Å². The standard InChI is InChI=1S/C18H26N4O3/c1-4-22(5-2)12-14-19-17(21-25-14)18(9-6-7-10-18)20-16(23)15-13(3)8-11-24-15/h8,11H,4-7,9-10,12H2,1-3H3,(H,20,23). The Morgan fingerprint density at radius 2 is 2.04 bits per heavy atom. The van der Waals surface area contributed by atoms with Crippen LogP contribution in [-0.2, 0) is 12.1 Å². The number of nitrogens with zero attached hydrogens (tertiary/aromatic N) is 3. The Labute approximate surface area is 147 Å². The second-order valence-corrected chi connectivity index (χ2v) is 6.65. The molecule has 0 aromatic carbocycles. The van der Waals surface area contributed by atoms with Crippen LogP contribution in [-0.4, -0.2) is 34.0 Å². The van der Waals surface area contributed by atoms with Crippen LogP contribution in [0, 0.1) is 6.92 Å². The topological polar surface area (TPSA) is 84.4 Å². The van der Waals surface area contributed by atoms with E-state index in [-0.39, 0.29) is 5.91 Å². The molecule has 2 aromatic rings. The molecule has 1 amide bonds. The van der Waals surface area contributed by atoms with Crippen LogP contribution in [0.3, 0.4) is 0 Å². The van der Waals surface area contributed by atoms with Gasteiger partial charge in [-0.3, -0.25) is 9.69 Å². The minimum Gasteiger partial charge on any atom is -0.459 e. The molecule has 0 aliphatic heterocycles. The molecule has 1 saturated carbocycles. The fourth-order valence-corrected chi connectivity index (χ4v) is 3.41. The van der Waals surface area contributed by atoms with Crippen LogP contribution in [0.15, 0.2) is 21.3 Å². The van der Waals surface area contributed by atoms with Crippen molar-refractivity contribution >= 4 is 5.91 Å². The van der Waals surface area contributed by atoms with Gasteiger partial charge in [0.15, 0.2) is 11.6 Å². The molecule has 25 heavy (non-hydrogen) atoms. The van der Waals surface area contributed by atoms with Gasteiger partial charge >= 0.3 is 0 Å². The largest absolute Gasteiger partial charge is 0.459 e. The molecule has 0 radical (unpaired) electrons. The zero-order chi connectivity index (χ0) is 17.9. The lowest BCUT2D eigenvalue weighted by molar-refractivity contribution is 0.0862. The highest BCUT2D eigenvalue weighted by Gasteiger charge is 2.42. The van der Waals surface area contributed by atoms with Gasteiger partial charge in [0, 0.05) is 5.56 Å². The summed E-state index contributed by atoms with van der Waals surface area (Å²) in [7, 11) is 0. The first-order valence-corrected chi connectivity index (χ1v) is 9.00. The number of aryl methyl sites for hydroxylation is 1. The van der Waals surface area contributed by atoms with Crippen LogP contribution >= 0.6 is 0 Å². The molecule has 2 heterocycles. The third kappa shape index (κ3) is 3.61. The molecule has 0 unspecified atom stereocenters. The van der Waals surface area contributed by atoms with E-state index in [0.29, 0.717) is 24.0 Å². The number of nitrogens with one attached hydrogen (secondary N) is 1. The molecular weight excluding hydrogens is 320 g/mol. The highest BCUT2D eigenvalue weighted by atomic mass is 16.5. The third-order valence-electron chi connectivity index (χ3n) is 5.03. The predicted octanol–water partition coefficient (Wildman–Crippen LogP) is 3.01. The van der Waals surface area contributed by atoms with Crippen LogP contribution < -0.4 is 5.32 Å². The summed E-state index contributed by atoms with van der Waals surface area (Å²) in [4.78, 5) is 19.4. The number of carbonyl (C=O) groups excluding carboxylic acids is 1. The fourth-order valence-electron chi connectivity index (χ4n) is 3.41. The fraction of sp³-hybridized carbons (Fsp3) is 0.611. The number of furan rings is 1. The zero-order valence-corrected chi connectivity index (χ0v) is 15.2. The lowest BCUT2D eigenvalue weighted by atomic mass is 9.96. The number of rotatable bonds is 7. The van der Waals surface area contributed by atoms with Crippen LogP contribution in [0.1, 0.15) is 67.4 Å². The molecule has 0 spiro atoms. The maximum atomic E-state index is 12.6. The minimum atomic E-state index is -0.568. The van der Waals surface area contributed by atoms with Gasteiger partial charge in [-0.15, -0.1) is 0 Å². The van der Waals surface area contributed by atoms with Gasteiger partial charge in [-0.05, 0) is 38.9 Å². The van der Waals surface area contributed by atoms with Crippen molar-refractivity contribution in [1.82, 2.24) is 20.4 Å². The molecule has 3 rings (SSSR count). The maximum Gasteiger partial charge on any atom is 0.288 e. The van der Waals surface area contributed by atoms with Crippen molar-refractivity contribution in [3.05, 3.63) is 35.4 Å². The van der Waals surface area contributed by atoms with E-state index in [1.54, 1.807) is 6.07 Å². The SMILES string of the molecule is CCN(CC)Cc1nc(C2(NC(=O)c3occc3C)CCCC2)no1. The Morgan fingerprint density at radius 3 is 2.64 bits per heavy atom. The van der Waals surface area contributed by atoms with E-state index < -0.39 is 5.54 Å². The lowest BCUT2D eigenvalue weighted by Gasteiger charge is -2.26. The lowest BCUT2D eigenvalue weighted by Crippen LogP contribution is -2.44. The number of amides is 1. The van der Waals surface area contributed by atoms with Gasteiger partial charge in [0.25, 0.3) is 5.91 Å². The number of aromatic nitrogens is 2. The third-order valence-corrected chi connectivity index (χ3v) is 5.03. The number of carbonyl (C=O) groups is 1. The van der Waals surface area contributed by atoms with Gasteiger partial charge in [-0.2, -0.15) is 4.98 Å². The normalized spacial score (nSPS) is 16.5. The number of hydrogen-bond acceptors (Lipinski definition) is 6. The van der Waals surface area contributed by atoms with Crippen molar-refractivity contribution in [2.75, 3.05) is 13.1 Å². The van der Waals surface area contributed by atoms with Gasteiger partial charge < -0.3 is 14.3 Å². The van der Waals surface area contributed by atoms with Gasteiger partial charge in [0.2, 0.25) is 5.89 Å². The van der Waals surface area contributed by atoms with Crippen LogP contribution in [0.5, 0.6) is 0 Å². The molecule has 7 nitrogen and oxygen atoms in total. The van der Waals surface area contributed by atoms with E-state index in [2.05, 4.69) is 34.2 Å². The summed E-state index contributed by atoms with van der Waals surface area (Å²) in [6, 6.07) is 1.78. The van der Waals surface area contributed by atoms with Crippen molar-refractivity contribution in [2.24, 2.45) is 0 Å². The summed E-state index contributed by atoms with van der Waals surface area (Å²) >= 11 is 0. The molecule has 2 aromatic heterocycles. The Kier molecular flexibility index (Phi) is 5.22. The van der Waals surface area contributed by atoms with Crippen LogP contribution in [0.25, 0.3) is 0 Å². The first-order chi connectivity index (χ1) is 12.1. The van der Waals surface area contributed by atoms with E-state index in [4.69, 9.17) is 8.94 Å². The molecular formula is C18H26N4O3. The second kappa shape index (κ2) is 7.39. The summed E-state index contributed by atoms with van der Waals surface area (Å²) < 4.78 is 10.8. The van der Waals surface area contributed by atoms with Crippen molar-refractivity contribution in [2.45, 2.75) is 58.5 Å². The van der Waals surface area contributed by atoms with E-state index in [0.717, 1.165) is 44.3 Å². The van der Waals surface area contributed by atoms with Crippen molar-refractivity contribution in [1.29, 1.82) is 0 Å². The Hall–Kier alpha value is -2.15. The molecule has 1 aliphatic carbocycles.